The van der Waals surface area contributed by atoms with E-state index in [1.54, 1.807) is 30.3 Å². The molecular weight excluding hydrogens is 342 g/mol. The zero-order valence-electron chi connectivity index (χ0n) is 13.7. The topological polar surface area (TPSA) is 88.2 Å². The maximum atomic E-state index is 11.3. The molecule has 0 aliphatic heterocycles. The Morgan fingerprint density at radius 2 is 1.80 bits per heavy atom. The molecule has 2 N–H and O–H groups in total. The smallest absolute Gasteiger partial charge is 0.337 e. The molecule has 1 heterocycles. The van der Waals surface area contributed by atoms with Gasteiger partial charge in [-0.05, 0) is 43.7 Å². The third-order valence-electron chi connectivity index (χ3n) is 3.92. The highest BCUT2D eigenvalue weighted by Crippen LogP contribution is 2.32. The molecule has 128 valence electrons. The number of rotatable bonds is 5. The number of anilines is 2. The first-order valence-electron chi connectivity index (χ1n) is 7.57. The molecule has 0 saturated carbocycles. The first-order valence-corrected chi connectivity index (χ1v) is 7.95. The molecule has 0 atom stereocenters. The molecule has 0 aliphatic rings. The van der Waals surface area contributed by atoms with Crippen LogP contribution in [0.15, 0.2) is 52.9 Å². The molecule has 0 bridgehead atoms. The van der Waals surface area contributed by atoms with Gasteiger partial charge >= 0.3 is 12.0 Å². The summed E-state index contributed by atoms with van der Waals surface area (Å²) in [5.74, 6) is -0.630. The summed E-state index contributed by atoms with van der Waals surface area (Å²) in [5, 5.41) is 20.8. The number of hydrogen-bond donors (Lipinski definition) is 2. The number of aromatic carboxylic acids is 1. The number of carboxylic acids is 1. The van der Waals surface area contributed by atoms with Crippen LogP contribution in [-0.2, 0) is 5.41 Å². The molecule has 0 unspecified atom stereocenters. The molecule has 3 aromatic rings. The molecule has 0 radical (unpaired) electrons. The van der Waals surface area contributed by atoms with E-state index >= 15 is 0 Å². The van der Waals surface area contributed by atoms with Gasteiger partial charge in [-0.15, -0.1) is 5.10 Å². The molecular formula is C18H16ClN3O3. The van der Waals surface area contributed by atoms with Gasteiger partial charge in [0.05, 0.1) is 16.7 Å². The lowest BCUT2D eigenvalue weighted by Gasteiger charge is -2.20. The molecule has 0 aliphatic carbocycles. The molecule has 7 heteroatoms. The summed E-state index contributed by atoms with van der Waals surface area (Å²) in [6.07, 6.45) is 0. The van der Waals surface area contributed by atoms with E-state index in [-0.39, 0.29) is 11.6 Å². The normalized spacial score (nSPS) is 11.3. The van der Waals surface area contributed by atoms with Crippen LogP contribution in [0.2, 0.25) is 5.02 Å². The highest BCUT2D eigenvalue weighted by Gasteiger charge is 2.29. The Hall–Kier alpha value is -2.86. The number of carboxylic acid groups (broad SMARTS) is 1. The van der Waals surface area contributed by atoms with Gasteiger partial charge in [0.1, 0.15) is 0 Å². The molecule has 0 saturated heterocycles. The van der Waals surface area contributed by atoms with Crippen LogP contribution >= 0.6 is 11.6 Å². The lowest BCUT2D eigenvalue weighted by atomic mass is 9.85. The standard InChI is InChI=1S/C18H16ClN3O3/c1-18(2,11-7-9-12(19)10-8-11)16-21-22-17(25-16)20-14-6-4-3-5-13(14)15(23)24/h3-10H,1-2H3,(H,20,22)(H,23,24). The van der Waals surface area contributed by atoms with Crippen LogP contribution in [-0.4, -0.2) is 21.3 Å². The van der Waals surface area contributed by atoms with Gasteiger partial charge in [-0.2, -0.15) is 0 Å². The number of nitrogens with zero attached hydrogens (tertiary/aromatic N) is 2. The molecule has 0 amide bonds. The van der Waals surface area contributed by atoms with Crippen molar-refractivity contribution in [3.63, 3.8) is 0 Å². The predicted molar refractivity (Wildman–Crippen MR) is 94.6 cm³/mol. The van der Waals surface area contributed by atoms with Gasteiger partial charge in [0, 0.05) is 5.02 Å². The van der Waals surface area contributed by atoms with Crippen LogP contribution in [0.25, 0.3) is 0 Å². The van der Waals surface area contributed by atoms with Crippen molar-refractivity contribution in [1.29, 1.82) is 0 Å². The minimum absolute atomic E-state index is 0.124. The Morgan fingerprint density at radius 3 is 2.48 bits per heavy atom. The zero-order valence-corrected chi connectivity index (χ0v) is 14.4. The van der Waals surface area contributed by atoms with Crippen molar-refractivity contribution in [3.8, 4) is 0 Å². The fraction of sp³-hybridized carbons (Fsp3) is 0.167. The van der Waals surface area contributed by atoms with Gasteiger partial charge < -0.3 is 14.8 Å². The average molecular weight is 358 g/mol. The van der Waals surface area contributed by atoms with Gasteiger partial charge in [0.15, 0.2) is 0 Å². The van der Waals surface area contributed by atoms with Gasteiger partial charge in [0.25, 0.3) is 0 Å². The largest absolute Gasteiger partial charge is 0.478 e. The summed E-state index contributed by atoms with van der Waals surface area (Å²) in [4.78, 5) is 11.3. The summed E-state index contributed by atoms with van der Waals surface area (Å²) in [6, 6.07) is 14.1. The third kappa shape index (κ3) is 3.49. The van der Waals surface area contributed by atoms with E-state index in [1.807, 2.05) is 26.0 Å². The fourth-order valence-corrected chi connectivity index (χ4v) is 2.54. The molecule has 25 heavy (non-hydrogen) atoms. The van der Waals surface area contributed by atoms with E-state index in [0.717, 1.165) is 5.56 Å². The number of halogens is 1. The first-order chi connectivity index (χ1) is 11.9. The van der Waals surface area contributed by atoms with E-state index in [0.29, 0.717) is 16.6 Å². The predicted octanol–water partition coefficient (Wildman–Crippen LogP) is 4.49. The monoisotopic (exact) mass is 357 g/mol. The third-order valence-corrected chi connectivity index (χ3v) is 4.18. The van der Waals surface area contributed by atoms with E-state index in [4.69, 9.17) is 16.0 Å². The number of nitrogens with one attached hydrogen (secondary N) is 1. The lowest BCUT2D eigenvalue weighted by molar-refractivity contribution is 0.0698. The molecule has 2 aromatic carbocycles. The minimum atomic E-state index is -1.04. The van der Waals surface area contributed by atoms with Crippen LogP contribution in [0.4, 0.5) is 11.7 Å². The SMILES string of the molecule is CC(C)(c1ccc(Cl)cc1)c1nnc(Nc2ccccc2C(=O)O)o1. The van der Waals surface area contributed by atoms with Crippen molar-refractivity contribution in [1.82, 2.24) is 10.2 Å². The highest BCUT2D eigenvalue weighted by atomic mass is 35.5. The number of para-hydroxylation sites is 1. The van der Waals surface area contributed by atoms with Crippen molar-refractivity contribution in [2.75, 3.05) is 5.32 Å². The van der Waals surface area contributed by atoms with E-state index in [2.05, 4.69) is 15.5 Å². The van der Waals surface area contributed by atoms with Gasteiger partial charge in [-0.25, -0.2) is 4.79 Å². The zero-order chi connectivity index (χ0) is 18.0. The van der Waals surface area contributed by atoms with Crippen LogP contribution < -0.4 is 5.32 Å². The fourth-order valence-electron chi connectivity index (χ4n) is 2.41. The maximum absolute atomic E-state index is 11.3. The maximum Gasteiger partial charge on any atom is 0.337 e. The molecule has 6 nitrogen and oxygen atoms in total. The first kappa shape index (κ1) is 17.0. The van der Waals surface area contributed by atoms with Crippen molar-refractivity contribution in [2.24, 2.45) is 0 Å². The van der Waals surface area contributed by atoms with E-state index in [9.17, 15) is 9.90 Å². The quantitative estimate of drug-likeness (QED) is 0.699. The van der Waals surface area contributed by atoms with Crippen molar-refractivity contribution in [2.45, 2.75) is 19.3 Å². The Kier molecular flexibility index (Phi) is 4.46. The van der Waals surface area contributed by atoms with Gasteiger partial charge in [0.2, 0.25) is 5.89 Å². The second-order valence-corrected chi connectivity index (χ2v) is 6.46. The molecule has 1 aromatic heterocycles. The average Bonchev–Trinajstić information content (AvgIpc) is 3.05. The summed E-state index contributed by atoms with van der Waals surface area (Å²) in [6.45, 7) is 3.91. The second kappa shape index (κ2) is 6.57. The lowest BCUT2D eigenvalue weighted by Crippen LogP contribution is -2.19. The van der Waals surface area contributed by atoms with Crippen LogP contribution in [0.1, 0.15) is 35.7 Å². The number of hydrogen-bond acceptors (Lipinski definition) is 5. The summed E-state index contributed by atoms with van der Waals surface area (Å²) in [5.41, 5.74) is 0.954. The number of benzene rings is 2. The Morgan fingerprint density at radius 1 is 1.12 bits per heavy atom. The molecule has 0 spiro atoms. The second-order valence-electron chi connectivity index (χ2n) is 6.02. The van der Waals surface area contributed by atoms with Crippen LogP contribution in [0.3, 0.4) is 0 Å². The van der Waals surface area contributed by atoms with Crippen molar-refractivity contribution in [3.05, 3.63) is 70.6 Å². The summed E-state index contributed by atoms with van der Waals surface area (Å²) in [7, 11) is 0. The molecule has 3 rings (SSSR count). The Labute approximate surface area is 149 Å². The highest BCUT2D eigenvalue weighted by molar-refractivity contribution is 6.30. The van der Waals surface area contributed by atoms with E-state index in [1.165, 1.54) is 6.07 Å². The van der Waals surface area contributed by atoms with Gasteiger partial charge in [-0.1, -0.05) is 41.0 Å². The van der Waals surface area contributed by atoms with Crippen molar-refractivity contribution < 1.29 is 14.3 Å². The Bertz CT molecular complexity index is 904. The van der Waals surface area contributed by atoms with Crippen LogP contribution in [0, 0.1) is 0 Å². The van der Waals surface area contributed by atoms with E-state index < -0.39 is 11.4 Å². The summed E-state index contributed by atoms with van der Waals surface area (Å²) < 4.78 is 5.71. The minimum Gasteiger partial charge on any atom is -0.478 e. The summed E-state index contributed by atoms with van der Waals surface area (Å²) >= 11 is 5.93. The number of carbonyl (C=O) groups is 1. The Balaban J connectivity index is 1.88. The van der Waals surface area contributed by atoms with Gasteiger partial charge in [-0.3, -0.25) is 0 Å². The van der Waals surface area contributed by atoms with Crippen molar-refractivity contribution >= 4 is 29.3 Å². The van der Waals surface area contributed by atoms with Crippen LogP contribution in [0.5, 0.6) is 0 Å². The molecule has 0 fully saturated rings. The number of aromatic nitrogens is 2.